The third-order valence-electron chi connectivity index (χ3n) is 3.78. The topological polar surface area (TPSA) is 24.9 Å². The van der Waals surface area contributed by atoms with Gasteiger partial charge in [0.05, 0.1) is 5.69 Å². The Morgan fingerprint density at radius 3 is 2.83 bits per heavy atom. The van der Waals surface area contributed by atoms with Crippen molar-refractivity contribution in [1.29, 1.82) is 0 Å². The van der Waals surface area contributed by atoms with Crippen LogP contribution in [0.2, 0.25) is 0 Å². The van der Waals surface area contributed by atoms with E-state index in [0.29, 0.717) is 6.04 Å². The van der Waals surface area contributed by atoms with Crippen LogP contribution in [0.25, 0.3) is 0 Å². The Kier molecular flexibility index (Phi) is 5.64. The van der Waals surface area contributed by atoms with E-state index in [4.69, 9.17) is 0 Å². The number of pyridine rings is 1. The molecule has 1 heterocycles. The van der Waals surface area contributed by atoms with Crippen molar-refractivity contribution in [2.45, 2.75) is 51.6 Å². The molecule has 0 spiro atoms. The van der Waals surface area contributed by atoms with Gasteiger partial charge < -0.3 is 5.32 Å². The van der Waals surface area contributed by atoms with E-state index in [0.717, 1.165) is 27.1 Å². The zero-order valence-corrected chi connectivity index (χ0v) is 13.9. The molecule has 1 aromatic heterocycles. The monoisotopic (exact) mass is 374 g/mol. The molecule has 1 N–H and O–H groups in total. The number of halogens is 2. The number of nitrogens with zero attached hydrogens (tertiary/aromatic N) is 1. The van der Waals surface area contributed by atoms with Gasteiger partial charge in [-0.25, -0.2) is 0 Å². The van der Waals surface area contributed by atoms with Gasteiger partial charge in [-0.2, -0.15) is 0 Å². The second-order valence-electron chi connectivity index (χ2n) is 5.18. The Balaban J connectivity index is 1.93. The Morgan fingerprint density at radius 2 is 2.06 bits per heavy atom. The highest BCUT2D eigenvalue weighted by atomic mass is 79.9. The Morgan fingerprint density at radius 1 is 1.28 bits per heavy atom. The molecular weight excluding hydrogens is 356 g/mol. The van der Waals surface area contributed by atoms with Gasteiger partial charge in [-0.1, -0.05) is 26.2 Å². The number of hydrogen-bond donors (Lipinski definition) is 1. The summed E-state index contributed by atoms with van der Waals surface area (Å²) in [6.07, 6.45) is 8.65. The molecule has 2 atom stereocenters. The van der Waals surface area contributed by atoms with Gasteiger partial charge in [0.15, 0.2) is 0 Å². The number of hydrogen-bond acceptors (Lipinski definition) is 2. The zero-order valence-electron chi connectivity index (χ0n) is 10.8. The third kappa shape index (κ3) is 4.04. The second-order valence-corrected chi connectivity index (χ2v) is 6.95. The van der Waals surface area contributed by atoms with Crippen molar-refractivity contribution in [1.82, 2.24) is 10.3 Å². The molecule has 1 aliphatic carbocycles. The summed E-state index contributed by atoms with van der Waals surface area (Å²) in [6.45, 7) is 3.22. The summed E-state index contributed by atoms with van der Waals surface area (Å²) in [7, 11) is 0. The minimum absolute atomic E-state index is 0.643. The minimum Gasteiger partial charge on any atom is -0.308 e. The zero-order chi connectivity index (χ0) is 13.0. The molecule has 1 saturated carbocycles. The Labute approximate surface area is 126 Å². The maximum Gasteiger partial charge on any atom is 0.0684 e. The summed E-state index contributed by atoms with van der Waals surface area (Å²) < 4.78 is 2.09. The third-order valence-corrected chi connectivity index (χ3v) is 4.90. The quantitative estimate of drug-likeness (QED) is 0.776. The number of nitrogens with one attached hydrogen (secondary N) is 1. The van der Waals surface area contributed by atoms with Crippen LogP contribution in [0.1, 0.15) is 44.7 Å². The van der Waals surface area contributed by atoms with Crippen molar-refractivity contribution < 1.29 is 0 Å². The fourth-order valence-electron chi connectivity index (χ4n) is 2.60. The van der Waals surface area contributed by atoms with E-state index in [9.17, 15) is 0 Å². The first-order chi connectivity index (χ1) is 8.66. The number of aromatic nitrogens is 1. The predicted molar refractivity (Wildman–Crippen MR) is 82.5 cm³/mol. The fourth-order valence-corrected chi connectivity index (χ4v) is 3.72. The van der Waals surface area contributed by atoms with Crippen LogP contribution in [0.5, 0.6) is 0 Å². The van der Waals surface area contributed by atoms with Crippen molar-refractivity contribution in [2.75, 3.05) is 0 Å². The van der Waals surface area contributed by atoms with Crippen molar-refractivity contribution in [3.05, 3.63) is 26.9 Å². The minimum atomic E-state index is 0.643. The summed E-state index contributed by atoms with van der Waals surface area (Å²) in [4.78, 5) is 4.45. The van der Waals surface area contributed by atoms with Crippen LogP contribution in [0.15, 0.2) is 21.2 Å². The van der Waals surface area contributed by atoms with E-state index in [1.165, 1.54) is 32.1 Å². The van der Waals surface area contributed by atoms with E-state index in [2.05, 4.69) is 55.2 Å². The molecular formula is C14H20Br2N2. The summed E-state index contributed by atoms with van der Waals surface area (Å²) in [6, 6.07) is 2.70. The van der Waals surface area contributed by atoms with Gasteiger partial charge in [0.25, 0.3) is 0 Å². The molecule has 2 unspecified atom stereocenters. The lowest BCUT2D eigenvalue weighted by atomic mass is 9.97. The molecule has 0 saturated heterocycles. The lowest BCUT2D eigenvalue weighted by Crippen LogP contribution is -2.34. The van der Waals surface area contributed by atoms with E-state index in [-0.39, 0.29) is 0 Å². The van der Waals surface area contributed by atoms with Gasteiger partial charge in [-0.05, 0) is 56.7 Å². The smallest absolute Gasteiger partial charge is 0.0684 e. The van der Waals surface area contributed by atoms with Crippen LogP contribution >= 0.6 is 31.9 Å². The maximum absolute atomic E-state index is 4.45. The lowest BCUT2D eigenvalue weighted by Gasteiger charge is -2.23. The molecule has 0 bridgehead atoms. The fraction of sp³-hybridized carbons (Fsp3) is 0.643. The Bertz CT molecular complexity index is 395. The molecule has 1 aromatic rings. The molecule has 1 fully saturated rings. The molecule has 0 amide bonds. The molecule has 2 nitrogen and oxygen atoms in total. The van der Waals surface area contributed by atoms with Crippen molar-refractivity contribution in [2.24, 2.45) is 5.92 Å². The average molecular weight is 376 g/mol. The van der Waals surface area contributed by atoms with Crippen LogP contribution in [0, 0.1) is 5.92 Å². The SMILES string of the molecule is CC1CCCCCC1NCc1ncc(Br)cc1Br. The standard InChI is InChI=1S/C14H20Br2N2/c1-10-5-3-2-4-6-13(10)18-9-14-12(16)7-11(15)8-17-14/h7-8,10,13,18H,2-6,9H2,1H3. The summed E-state index contributed by atoms with van der Waals surface area (Å²) in [5.74, 6) is 0.779. The van der Waals surface area contributed by atoms with Gasteiger partial charge in [0.2, 0.25) is 0 Å². The second kappa shape index (κ2) is 7.01. The van der Waals surface area contributed by atoms with Crippen molar-refractivity contribution in [3.8, 4) is 0 Å². The van der Waals surface area contributed by atoms with Crippen molar-refractivity contribution >= 4 is 31.9 Å². The molecule has 0 aliphatic heterocycles. The van der Waals surface area contributed by atoms with Gasteiger partial charge in [-0.3, -0.25) is 4.98 Å². The van der Waals surface area contributed by atoms with Crippen LogP contribution < -0.4 is 5.32 Å². The van der Waals surface area contributed by atoms with Crippen LogP contribution in [-0.2, 0) is 6.54 Å². The summed E-state index contributed by atoms with van der Waals surface area (Å²) in [5.41, 5.74) is 1.09. The predicted octanol–water partition coefficient (Wildman–Crippen LogP) is 4.67. The maximum atomic E-state index is 4.45. The first-order valence-corrected chi connectivity index (χ1v) is 8.28. The van der Waals surface area contributed by atoms with Crippen LogP contribution in [0.3, 0.4) is 0 Å². The molecule has 100 valence electrons. The first-order valence-electron chi connectivity index (χ1n) is 6.70. The molecule has 4 heteroatoms. The molecule has 0 radical (unpaired) electrons. The van der Waals surface area contributed by atoms with Gasteiger partial charge in [-0.15, -0.1) is 0 Å². The Hall–Kier alpha value is 0.0700. The van der Waals surface area contributed by atoms with Gasteiger partial charge in [0, 0.05) is 27.7 Å². The first kappa shape index (κ1) is 14.5. The molecule has 2 rings (SSSR count). The average Bonchev–Trinajstić information content (AvgIpc) is 2.53. The van der Waals surface area contributed by atoms with Gasteiger partial charge in [0.1, 0.15) is 0 Å². The highest BCUT2D eigenvalue weighted by molar-refractivity contribution is 9.11. The lowest BCUT2D eigenvalue weighted by molar-refractivity contribution is 0.354. The highest BCUT2D eigenvalue weighted by Gasteiger charge is 2.19. The van der Waals surface area contributed by atoms with Crippen molar-refractivity contribution in [3.63, 3.8) is 0 Å². The van der Waals surface area contributed by atoms with E-state index < -0.39 is 0 Å². The van der Waals surface area contributed by atoms with Gasteiger partial charge >= 0.3 is 0 Å². The normalized spacial score (nSPS) is 24.8. The highest BCUT2D eigenvalue weighted by Crippen LogP contribution is 2.24. The molecule has 0 aromatic carbocycles. The van der Waals surface area contributed by atoms with E-state index >= 15 is 0 Å². The number of rotatable bonds is 3. The van der Waals surface area contributed by atoms with Crippen LogP contribution in [-0.4, -0.2) is 11.0 Å². The molecule has 18 heavy (non-hydrogen) atoms. The van der Waals surface area contributed by atoms with E-state index in [1.807, 2.05) is 6.20 Å². The van der Waals surface area contributed by atoms with E-state index in [1.54, 1.807) is 0 Å². The summed E-state index contributed by atoms with van der Waals surface area (Å²) >= 11 is 7.00. The largest absolute Gasteiger partial charge is 0.308 e. The molecule has 1 aliphatic rings. The summed E-state index contributed by atoms with van der Waals surface area (Å²) in [5, 5.41) is 3.68. The van der Waals surface area contributed by atoms with Crippen LogP contribution in [0.4, 0.5) is 0 Å².